The van der Waals surface area contributed by atoms with Gasteiger partial charge in [-0.2, -0.15) is 0 Å². The van der Waals surface area contributed by atoms with Crippen LogP contribution < -0.4 is 4.74 Å². The lowest BCUT2D eigenvalue weighted by Gasteiger charge is -2.10. The second-order valence-electron chi connectivity index (χ2n) is 5.79. The van der Waals surface area contributed by atoms with Crippen LogP contribution in [0, 0.1) is 5.92 Å². The highest BCUT2D eigenvalue weighted by molar-refractivity contribution is 5.83. The molecule has 0 radical (unpaired) electrons. The van der Waals surface area contributed by atoms with E-state index in [9.17, 15) is 0 Å². The molecule has 0 atom stereocenters. The first-order valence-electron chi connectivity index (χ1n) is 8.17. The zero-order chi connectivity index (χ0) is 15.6. The number of hydrogen-bond donors (Lipinski definition) is 2. The van der Waals surface area contributed by atoms with E-state index in [0.29, 0.717) is 0 Å². The Labute approximate surface area is 132 Å². The van der Waals surface area contributed by atoms with Crippen molar-refractivity contribution in [1.82, 2.24) is 0 Å². The third-order valence-corrected chi connectivity index (χ3v) is 4.01. The summed E-state index contributed by atoms with van der Waals surface area (Å²) in [5, 5.41) is 20.4. The monoisotopic (exact) mass is 302 g/mol. The molecule has 0 aliphatic heterocycles. The molecule has 0 saturated carbocycles. The van der Waals surface area contributed by atoms with E-state index in [-0.39, 0.29) is 19.1 Å². The molecule has 0 aliphatic carbocycles. The first-order valence-corrected chi connectivity index (χ1v) is 8.17. The van der Waals surface area contributed by atoms with Crippen molar-refractivity contribution in [3.8, 4) is 5.75 Å². The molecule has 3 nitrogen and oxygen atoms in total. The third kappa shape index (κ3) is 5.32. The summed E-state index contributed by atoms with van der Waals surface area (Å²) in [4.78, 5) is 0. The number of benzene rings is 2. The average molecular weight is 302 g/mol. The summed E-state index contributed by atoms with van der Waals surface area (Å²) in [6.07, 6.45) is 5.24. The molecule has 0 aliphatic rings. The topological polar surface area (TPSA) is 49.7 Å². The molecular formula is C19H26O3. The van der Waals surface area contributed by atoms with Crippen molar-refractivity contribution < 1.29 is 14.9 Å². The first kappa shape index (κ1) is 16.8. The quantitative estimate of drug-likeness (QED) is 0.657. The van der Waals surface area contributed by atoms with Crippen molar-refractivity contribution in [3.63, 3.8) is 0 Å². The molecule has 0 aromatic heterocycles. The maximum absolute atomic E-state index is 8.99. The Bertz CT molecular complexity index is 549. The fraction of sp³-hybridized carbons (Fsp3) is 0.474. The van der Waals surface area contributed by atoms with E-state index >= 15 is 0 Å². The Morgan fingerprint density at radius 3 is 2.32 bits per heavy atom. The van der Waals surface area contributed by atoms with E-state index in [1.807, 2.05) is 18.2 Å². The van der Waals surface area contributed by atoms with Gasteiger partial charge in [0, 0.05) is 19.1 Å². The summed E-state index contributed by atoms with van der Waals surface area (Å²) >= 11 is 0. The summed E-state index contributed by atoms with van der Waals surface area (Å²) in [6.45, 7) is 0.908. The van der Waals surface area contributed by atoms with Crippen LogP contribution in [0.2, 0.25) is 0 Å². The van der Waals surface area contributed by atoms with Crippen LogP contribution in [0.15, 0.2) is 42.5 Å². The van der Waals surface area contributed by atoms with Gasteiger partial charge in [-0.15, -0.1) is 0 Å². The standard InChI is InChI=1S/C19H26O3/c20-14-16(15-21)7-3-1-2-6-12-22-19-11-10-17-8-4-5-9-18(17)13-19/h4-5,8-11,13,16,20-21H,1-3,6-7,12,14-15H2. The van der Waals surface area contributed by atoms with Gasteiger partial charge in [0.2, 0.25) is 0 Å². The second kappa shape index (κ2) is 9.44. The van der Waals surface area contributed by atoms with Gasteiger partial charge in [0.05, 0.1) is 6.61 Å². The van der Waals surface area contributed by atoms with Crippen molar-refractivity contribution >= 4 is 10.8 Å². The van der Waals surface area contributed by atoms with Gasteiger partial charge in [0.15, 0.2) is 0 Å². The summed E-state index contributed by atoms with van der Waals surface area (Å²) in [6, 6.07) is 14.5. The second-order valence-corrected chi connectivity index (χ2v) is 5.79. The third-order valence-electron chi connectivity index (χ3n) is 4.01. The maximum Gasteiger partial charge on any atom is 0.119 e. The van der Waals surface area contributed by atoms with E-state index in [0.717, 1.165) is 44.5 Å². The molecule has 0 bridgehead atoms. The molecule has 0 saturated heterocycles. The largest absolute Gasteiger partial charge is 0.494 e. The summed E-state index contributed by atoms with van der Waals surface area (Å²) in [5.41, 5.74) is 0. The molecule has 3 heteroatoms. The molecule has 2 aromatic rings. The van der Waals surface area contributed by atoms with Crippen LogP contribution in [0.3, 0.4) is 0 Å². The molecule has 0 fully saturated rings. The maximum atomic E-state index is 8.99. The van der Waals surface area contributed by atoms with Gasteiger partial charge in [-0.3, -0.25) is 0 Å². The van der Waals surface area contributed by atoms with Crippen molar-refractivity contribution in [3.05, 3.63) is 42.5 Å². The molecule has 2 aromatic carbocycles. The lowest BCUT2D eigenvalue weighted by Crippen LogP contribution is -2.10. The number of aliphatic hydroxyl groups excluding tert-OH is 2. The number of hydrogen-bond acceptors (Lipinski definition) is 3. The van der Waals surface area contributed by atoms with Gasteiger partial charge < -0.3 is 14.9 Å². The van der Waals surface area contributed by atoms with Gasteiger partial charge in [-0.1, -0.05) is 49.6 Å². The fourth-order valence-electron chi connectivity index (χ4n) is 2.58. The van der Waals surface area contributed by atoms with E-state index in [2.05, 4.69) is 24.3 Å². The number of rotatable bonds is 10. The van der Waals surface area contributed by atoms with E-state index in [1.54, 1.807) is 0 Å². The lowest BCUT2D eigenvalue weighted by molar-refractivity contribution is 0.141. The minimum absolute atomic E-state index is 0.0499. The molecule has 0 heterocycles. The van der Waals surface area contributed by atoms with Crippen LogP contribution in [0.1, 0.15) is 32.1 Å². The van der Waals surface area contributed by atoms with Crippen LogP contribution >= 0.6 is 0 Å². The predicted molar refractivity (Wildman–Crippen MR) is 90.2 cm³/mol. The van der Waals surface area contributed by atoms with Gasteiger partial charge in [0.1, 0.15) is 5.75 Å². The van der Waals surface area contributed by atoms with Gasteiger partial charge in [0.25, 0.3) is 0 Å². The van der Waals surface area contributed by atoms with Crippen LogP contribution in [0.4, 0.5) is 0 Å². The molecule has 22 heavy (non-hydrogen) atoms. The van der Waals surface area contributed by atoms with Crippen LogP contribution in [0.5, 0.6) is 5.75 Å². The molecule has 2 N–H and O–H groups in total. The normalized spacial score (nSPS) is 11.2. The van der Waals surface area contributed by atoms with Crippen LogP contribution in [-0.4, -0.2) is 30.0 Å². The molecular weight excluding hydrogens is 276 g/mol. The predicted octanol–water partition coefficient (Wildman–Crippen LogP) is 3.77. The molecule has 0 spiro atoms. The smallest absolute Gasteiger partial charge is 0.119 e. The molecule has 0 unspecified atom stereocenters. The number of unbranched alkanes of at least 4 members (excludes halogenated alkanes) is 3. The lowest BCUT2D eigenvalue weighted by atomic mass is 10.0. The highest BCUT2D eigenvalue weighted by atomic mass is 16.5. The highest BCUT2D eigenvalue weighted by Gasteiger charge is 2.04. The van der Waals surface area contributed by atoms with Crippen molar-refractivity contribution in [1.29, 1.82) is 0 Å². The van der Waals surface area contributed by atoms with Gasteiger partial charge in [-0.25, -0.2) is 0 Å². The molecule has 120 valence electrons. The van der Waals surface area contributed by atoms with E-state index in [1.165, 1.54) is 10.8 Å². The Balaban J connectivity index is 1.62. The van der Waals surface area contributed by atoms with Crippen molar-refractivity contribution in [2.45, 2.75) is 32.1 Å². The van der Waals surface area contributed by atoms with E-state index < -0.39 is 0 Å². The van der Waals surface area contributed by atoms with Crippen molar-refractivity contribution in [2.75, 3.05) is 19.8 Å². The number of aliphatic hydroxyl groups is 2. The Morgan fingerprint density at radius 2 is 1.55 bits per heavy atom. The summed E-state index contributed by atoms with van der Waals surface area (Å²) in [7, 11) is 0. The van der Waals surface area contributed by atoms with Crippen LogP contribution in [-0.2, 0) is 0 Å². The van der Waals surface area contributed by atoms with E-state index in [4.69, 9.17) is 14.9 Å². The molecule has 0 amide bonds. The summed E-state index contributed by atoms with van der Waals surface area (Å²) < 4.78 is 5.80. The summed E-state index contributed by atoms with van der Waals surface area (Å²) in [5.74, 6) is 0.980. The SMILES string of the molecule is OCC(CO)CCCCCCOc1ccc2ccccc2c1. The van der Waals surface area contributed by atoms with Gasteiger partial charge >= 0.3 is 0 Å². The zero-order valence-electron chi connectivity index (χ0n) is 13.1. The number of ether oxygens (including phenoxy) is 1. The Hall–Kier alpha value is -1.58. The van der Waals surface area contributed by atoms with Gasteiger partial charge in [-0.05, 0) is 35.7 Å². The Kier molecular flexibility index (Phi) is 7.20. The molecule has 2 rings (SSSR count). The number of fused-ring (bicyclic) bond motifs is 1. The van der Waals surface area contributed by atoms with Crippen molar-refractivity contribution in [2.24, 2.45) is 5.92 Å². The van der Waals surface area contributed by atoms with Crippen LogP contribution in [0.25, 0.3) is 10.8 Å². The highest BCUT2D eigenvalue weighted by Crippen LogP contribution is 2.20. The fourth-order valence-corrected chi connectivity index (χ4v) is 2.58. The first-order chi connectivity index (χ1) is 10.8. The minimum atomic E-state index is 0.0499. The zero-order valence-corrected chi connectivity index (χ0v) is 13.1. The average Bonchev–Trinajstić information content (AvgIpc) is 2.57. The Morgan fingerprint density at radius 1 is 0.818 bits per heavy atom. The minimum Gasteiger partial charge on any atom is -0.494 e.